The zero-order chi connectivity index (χ0) is 65.6. The molecule has 0 amide bonds. The van der Waals surface area contributed by atoms with E-state index in [1.807, 2.05) is 0 Å². The van der Waals surface area contributed by atoms with Gasteiger partial charge in [-0.15, -0.1) is 0 Å². The van der Waals surface area contributed by atoms with E-state index in [1.165, 1.54) is 12.5 Å². The summed E-state index contributed by atoms with van der Waals surface area (Å²) in [6, 6.07) is 0. The molecule has 89 heavy (non-hydrogen) atoms. The third kappa shape index (κ3) is 14.2. The average molecular weight is 1350 g/mol. The van der Waals surface area contributed by atoms with E-state index >= 15 is 0 Å². The van der Waals surface area contributed by atoms with Gasteiger partial charge < -0.3 is 98.1 Å². The SMILES string of the molecule is CO[C@@H]1[C@@H](O)[C@H](O[C@@H]2[C@@H](O)[C@H](O[C@H]3[C@H](O)[C@@H](C)O[C@@H](O[C@H]4[C@H](O[C@H]5CC[C@]6(C)C7=CC[C@]8(C)[C@@H](C(C)=O)CC[C@@]8(C)[C@@H]7CC[C@H]6C5(C)C)OC[C@@H](OS(=O)(=O)O)[C@@H]4O)[C@@H]3O[C@@H]3OC[C@@H](O)[C@H](O)[C@H]3O)O[C@H](COS(=O)(=O)O)[C@H]2O)O[C@H](COS(=O)(=O)O)[C@H]1O. The van der Waals surface area contributed by atoms with Crippen LogP contribution in [0.4, 0.5) is 0 Å². The van der Waals surface area contributed by atoms with Crippen molar-refractivity contribution in [3.05, 3.63) is 11.6 Å². The van der Waals surface area contributed by atoms with Gasteiger partial charge in [0, 0.05) is 13.0 Å². The Morgan fingerprint density at radius 3 is 1.71 bits per heavy atom. The number of methoxy groups -OCH3 is 1. The van der Waals surface area contributed by atoms with Crippen LogP contribution in [0.2, 0.25) is 0 Å². The maximum absolute atomic E-state index is 13.0. The van der Waals surface area contributed by atoms with Crippen molar-refractivity contribution in [2.24, 2.45) is 39.4 Å². The molecule has 33 nitrogen and oxygen atoms in total. The van der Waals surface area contributed by atoms with Crippen LogP contribution in [-0.2, 0) is 101 Å². The van der Waals surface area contributed by atoms with Crippen LogP contribution >= 0.6 is 0 Å². The molecule has 36 heteroatoms. The molecule has 0 aromatic heterocycles. The standard InChI is InChI=1S/C53H86O33S3/c1-21(54)23-11-15-53(7)25-9-10-30-50(3,4)31(13-14-51(30,5)24(25)12-16-52(23,53)6)81-48-43(36(60)29(18-75-48)86-89(70,71)72)84-49-44(85-45-37(61)33(57)26(55)17-74-45)42(32(56)22(2)78-49)83-47-39(63)41(35(59)28(80-47)20-77-88(67,68)69)82-46-38(62)40(73-8)34(58)27(79-46)19-76-87(64,65)66/h12,22-23,25-49,55-63H,9-11,13-20H2,1-8H3,(H,64,65,66)(H,67,68,69)(H,70,71,72)/t22-,23-,25-,26-,27-,28-,29-,30+,31+,32-,33+,34-,35-,36+,37-,38-,39-,40+,41+,42+,43-,44-,45+,46+,47+,48+,49+,51-,52-,53+/m1/s1. The minimum Gasteiger partial charge on any atom is -0.388 e. The number of ether oxygens (including phenoxy) is 11. The van der Waals surface area contributed by atoms with Crippen molar-refractivity contribution in [1.29, 1.82) is 0 Å². The predicted octanol–water partition coefficient (Wildman–Crippen LogP) is -2.90. The van der Waals surface area contributed by atoms with Crippen molar-refractivity contribution in [2.75, 3.05) is 33.5 Å². The molecule has 9 rings (SSSR count). The molecule has 5 saturated heterocycles. The number of aliphatic hydroxyl groups is 9. The van der Waals surface area contributed by atoms with Crippen LogP contribution in [0.1, 0.15) is 93.4 Å². The molecule has 0 bridgehead atoms. The number of carbonyl (C=O) groups is 1. The lowest BCUT2D eigenvalue weighted by Crippen LogP contribution is -2.68. The van der Waals surface area contributed by atoms with Crippen LogP contribution in [0, 0.1) is 39.4 Å². The Morgan fingerprint density at radius 2 is 1.12 bits per heavy atom. The quantitative estimate of drug-likeness (QED) is 0.0331. The zero-order valence-corrected chi connectivity index (χ0v) is 52.6. The lowest BCUT2D eigenvalue weighted by Gasteiger charge is -2.64. The third-order valence-corrected chi connectivity index (χ3v) is 22.2. The van der Waals surface area contributed by atoms with Gasteiger partial charge in [0.2, 0.25) is 0 Å². The number of Topliss-reactive ketones (excluding diaryl/α,β-unsaturated/α-hetero) is 1. The number of carbonyl (C=O) groups excluding carboxylic acids is 1. The Bertz CT molecular complexity index is 2870. The highest BCUT2D eigenvalue weighted by atomic mass is 32.3. The Balaban J connectivity index is 1.03. The summed E-state index contributed by atoms with van der Waals surface area (Å²) in [6.07, 6.45) is -39.2. The topological polar surface area (TPSA) is 491 Å². The van der Waals surface area contributed by atoms with Crippen molar-refractivity contribution in [3.63, 3.8) is 0 Å². The van der Waals surface area contributed by atoms with Crippen LogP contribution in [0.3, 0.4) is 0 Å². The predicted molar refractivity (Wildman–Crippen MR) is 291 cm³/mol. The second-order valence-corrected chi connectivity index (χ2v) is 29.5. The first-order chi connectivity index (χ1) is 41.2. The minimum atomic E-state index is -5.34. The zero-order valence-electron chi connectivity index (χ0n) is 50.1. The number of rotatable bonds is 20. The second-order valence-electron chi connectivity index (χ2n) is 26.3. The molecule has 0 spiro atoms. The van der Waals surface area contributed by atoms with Crippen LogP contribution in [0.5, 0.6) is 0 Å². The van der Waals surface area contributed by atoms with E-state index in [2.05, 4.69) is 49.1 Å². The molecule has 514 valence electrons. The first kappa shape index (κ1) is 71.5. The highest BCUT2D eigenvalue weighted by Crippen LogP contribution is 2.72. The molecule has 9 aliphatic rings. The molecule has 30 atom stereocenters. The highest BCUT2D eigenvalue weighted by Gasteiger charge is 2.67. The van der Waals surface area contributed by atoms with Crippen LogP contribution in [-0.4, -0.2) is 272 Å². The summed E-state index contributed by atoms with van der Waals surface area (Å²) in [4.78, 5) is 13.0. The third-order valence-electron chi connectivity index (χ3n) is 20.9. The average Bonchev–Trinajstić information content (AvgIpc) is 1.70. The smallest absolute Gasteiger partial charge is 0.388 e. The maximum atomic E-state index is 13.0. The molecule has 0 aromatic rings. The van der Waals surface area contributed by atoms with Gasteiger partial charge in [-0.2, -0.15) is 25.3 Å². The molecule has 3 saturated carbocycles. The van der Waals surface area contributed by atoms with Gasteiger partial charge >= 0.3 is 31.2 Å². The molecule has 5 heterocycles. The van der Waals surface area contributed by atoms with Gasteiger partial charge in [0.25, 0.3) is 0 Å². The number of allylic oxidation sites excluding steroid dienone is 2. The molecule has 8 fully saturated rings. The van der Waals surface area contributed by atoms with E-state index in [0.717, 1.165) is 39.2 Å². The fourth-order valence-corrected chi connectivity index (χ4v) is 17.1. The van der Waals surface area contributed by atoms with Gasteiger partial charge in [-0.05, 0) is 92.3 Å². The van der Waals surface area contributed by atoms with Gasteiger partial charge in [-0.1, -0.05) is 46.3 Å². The highest BCUT2D eigenvalue weighted by molar-refractivity contribution is 7.81. The number of ketones is 1. The maximum Gasteiger partial charge on any atom is 0.397 e. The van der Waals surface area contributed by atoms with Crippen molar-refractivity contribution >= 4 is 37.0 Å². The van der Waals surface area contributed by atoms with Crippen molar-refractivity contribution in [3.8, 4) is 0 Å². The first-order valence-electron chi connectivity index (χ1n) is 29.5. The molecular weight excluding hydrogens is 1260 g/mol. The molecular formula is C53H86O33S3. The fraction of sp³-hybridized carbons (Fsp3) is 0.943. The van der Waals surface area contributed by atoms with Gasteiger partial charge in [0.05, 0.1) is 38.6 Å². The fourth-order valence-electron chi connectivity index (χ4n) is 16.0. The Labute approximate surface area is 514 Å². The molecule has 0 radical (unpaired) electrons. The Morgan fingerprint density at radius 1 is 0.562 bits per heavy atom. The molecule has 12 N–H and O–H groups in total. The van der Waals surface area contributed by atoms with Crippen molar-refractivity contribution in [2.45, 2.75) is 241 Å². The van der Waals surface area contributed by atoms with E-state index in [4.69, 9.17) is 56.3 Å². The van der Waals surface area contributed by atoms with Gasteiger partial charge in [0.1, 0.15) is 110 Å². The Kier molecular flexibility index (Phi) is 21.4. The molecule has 0 unspecified atom stereocenters. The van der Waals surface area contributed by atoms with E-state index < -0.39 is 210 Å². The van der Waals surface area contributed by atoms with Gasteiger partial charge in [0.15, 0.2) is 31.5 Å². The second kappa shape index (κ2) is 26.7. The number of hydrogen-bond donors (Lipinski definition) is 12. The van der Waals surface area contributed by atoms with Crippen molar-refractivity contribution in [1.82, 2.24) is 0 Å². The largest absolute Gasteiger partial charge is 0.397 e. The molecule has 5 aliphatic heterocycles. The summed E-state index contributed by atoms with van der Waals surface area (Å²) in [5.41, 5.74) is 0.0299. The first-order valence-corrected chi connectivity index (χ1v) is 33.6. The number of hydrogen-bond acceptors (Lipinski definition) is 30. The summed E-state index contributed by atoms with van der Waals surface area (Å²) in [5.74, 6) is 0.365. The summed E-state index contributed by atoms with van der Waals surface area (Å²) >= 11 is 0. The Hall–Kier alpha value is -1.78. The van der Waals surface area contributed by atoms with E-state index in [1.54, 1.807) is 6.92 Å². The van der Waals surface area contributed by atoms with Crippen LogP contribution in [0.15, 0.2) is 11.6 Å². The van der Waals surface area contributed by atoms with Crippen molar-refractivity contribution < 1.29 is 154 Å². The lowest BCUT2D eigenvalue weighted by atomic mass is 9.41. The van der Waals surface area contributed by atoms with Crippen LogP contribution < -0.4 is 0 Å². The molecule has 4 aliphatic carbocycles. The normalized spacial score (nSPS) is 48.8. The number of aliphatic hydroxyl groups excluding tert-OH is 9. The lowest BCUT2D eigenvalue weighted by molar-refractivity contribution is -0.407. The van der Waals surface area contributed by atoms with E-state index in [-0.39, 0.29) is 39.8 Å². The summed E-state index contributed by atoms with van der Waals surface area (Å²) < 4.78 is 180. The summed E-state index contributed by atoms with van der Waals surface area (Å²) in [6.45, 7) is 10.1. The summed E-state index contributed by atoms with van der Waals surface area (Å²) in [5, 5.41) is 103. The van der Waals surface area contributed by atoms with E-state index in [0.29, 0.717) is 12.8 Å². The van der Waals surface area contributed by atoms with E-state index in [9.17, 15) is 89.7 Å². The van der Waals surface area contributed by atoms with Gasteiger partial charge in [-0.3, -0.25) is 18.5 Å². The summed E-state index contributed by atoms with van der Waals surface area (Å²) in [7, 11) is -14.8. The molecule has 0 aromatic carbocycles. The van der Waals surface area contributed by atoms with Crippen LogP contribution in [0.25, 0.3) is 0 Å². The van der Waals surface area contributed by atoms with Gasteiger partial charge in [-0.25, -0.2) is 12.5 Å². The monoisotopic (exact) mass is 1350 g/mol. The number of fused-ring (bicyclic) bond motifs is 5. The minimum absolute atomic E-state index is 0.00386.